The van der Waals surface area contributed by atoms with Gasteiger partial charge in [0.15, 0.2) is 0 Å². The van der Waals surface area contributed by atoms with Gasteiger partial charge in [-0.25, -0.2) is 0 Å². The molecular formula is C14H18O3. The molecule has 0 saturated carbocycles. The number of esters is 1. The van der Waals surface area contributed by atoms with E-state index < -0.39 is 0 Å². The Balaban J connectivity index is 2.73. The van der Waals surface area contributed by atoms with Gasteiger partial charge in [-0.05, 0) is 25.8 Å². The van der Waals surface area contributed by atoms with Crippen molar-refractivity contribution in [2.45, 2.75) is 33.3 Å². The van der Waals surface area contributed by atoms with Crippen molar-refractivity contribution in [1.29, 1.82) is 0 Å². The number of benzene rings is 1. The Labute approximate surface area is 102 Å². The molecule has 0 fully saturated rings. The molecule has 1 aromatic rings. The van der Waals surface area contributed by atoms with Gasteiger partial charge >= 0.3 is 5.97 Å². The van der Waals surface area contributed by atoms with Crippen LogP contribution in [0.15, 0.2) is 30.3 Å². The highest BCUT2D eigenvalue weighted by Crippen LogP contribution is 2.16. The van der Waals surface area contributed by atoms with Crippen LogP contribution in [-0.2, 0) is 20.7 Å². The Bertz CT molecular complexity index is 384. The molecule has 0 heterocycles. The number of hydrogen-bond acceptors (Lipinski definition) is 3. The van der Waals surface area contributed by atoms with Gasteiger partial charge in [0, 0.05) is 6.92 Å². The molecule has 0 spiro atoms. The van der Waals surface area contributed by atoms with Crippen molar-refractivity contribution in [3.8, 4) is 0 Å². The Morgan fingerprint density at radius 2 is 1.76 bits per heavy atom. The third-order valence-corrected chi connectivity index (χ3v) is 2.74. The fourth-order valence-electron chi connectivity index (χ4n) is 1.85. The zero-order chi connectivity index (χ0) is 12.8. The average molecular weight is 234 g/mol. The maximum absolute atomic E-state index is 11.6. The Hall–Kier alpha value is -1.64. The summed E-state index contributed by atoms with van der Waals surface area (Å²) < 4.78 is 5.09. The van der Waals surface area contributed by atoms with Crippen LogP contribution in [0.5, 0.6) is 0 Å². The van der Waals surface area contributed by atoms with E-state index in [1.54, 1.807) is 6.92 Å². The second-order valence-electron chi connectivity index (χ2n) is 4.22. The quantitative estimate of drug-likeness (QED) is 0.735. The lowest BCUT2D eigenvalue weighted by atomic mass is 9.91. The summed E-state index contributed by atoms with van der Waals surface area (Å²) >= 11 is 0. The van der Waals surface area contributed by atoms with E-state index in [0.717, 1.165) is 5.56 Å². The summed E-state index contributed by atoms with van der Waals surface area (Å²) in [5, 5.41) is 0. The topological polar surface area (TPSA) is 43.4 Å². The highest BCUT2D eigenvalue weighted by atomic mass is 16.5. The summed E-state index contributed by atoms with van der Waals surface area (Å²) in [5.41, 5.74) is 1.08. The van der Waals surface area contributed by atoms with Crippen molar-refractivity contribution in [2.24, 2.45) is 5.92 Å². The van der Waals surface area contributed by atoms with Crippen LogP contribution in [0.2, 0.25) is 0 Å². The van der Waals surface area contributed by atoms with Crippen molar-refractivity contribution < 1.29 is 14.3 Å². The molecule has 0 N–H and O–H groups in total. The molecule has 0 aromatic heterocycles. The lowest BCUT2D eigenvalue weighted by molar-refractivity contribution is -0.149. The molecule has 1 rings (SSSR count). The van der Waals surface area contributed by atoms with Crippen LogP contribution in [0, 0.1) is 5.92 Å². The summed E-state index contributed by atoms with van der Waals surface area (Å²) in [5.74, 6) is -0.583. The van der Waals surface area contributed by atoms with Gasteiger partial charge in [-0.2, -0.15) is 0 Å². The average Bonchev–Trinajstić information content (AvgIpc) is 2.25. The third-order valence-electron chi connectivity index (χ3n) is 2.74. The molecule has 0 amide bonds. The molecule has 1 aromatic carbocycles. The van der Waals surface area contributed by atoms with Crippen LogP contribution in [0.25, 0.3) is 0 Å². The Morgan fingerprint density at radius 3 is 2.24 bits per heavy atom. The van der Waals surface area contributed by atoms with Crippen LogP contribution >= 0.6 is 0 Å². The maximum Gasteiger partial charge on any atom is 0.302 e. The Morgan fingerprint density at radius 1 is 1.18 bits per heavy atom. The number of ether oxygens (including phenoxy) is 1. The Kier molecular flexibility index (Phi) is 4.88. The van der Waals surface area contributed by atoms with Crippen molar-refractivity contribution in [3.63, 3.8) is 0 Å². The second-order valence-corrected chi connectivity index (χ2v) is 4.22. The van der Waals surface area contributed by atoms with Crippen molar-refractivity contribution >= 4 is 11.8 Å². The largest absolute Gasteiger partial charge is 0.462 e. The normalized spacial score (nSPS) is 13.8. The molecule has 92 valence electrons. The number of hydrogen-bond donors (Lipinski definition) is 0. The van der Waals surface area contributed by atoms with Gasteiger partial charge in [0.2, 0.25) is 0 Å². The number of Topliss-reactive ketones (excluding diaryl/α,β-unsaturated/α-hetero) is 1. The van der Waals surface area contributed by atoms with Gasteiger partial charge < -0.3 is 4.74 Å². The highest BCUT2D eigenvalue weighted by molar-refractivity contribution is 5.79. The first-order valence-electron chi connectivity index (χ1n) is 5.72. The number of ketones is 1. The van der Waals surface area contributed by atoms with Gasteiger partial charge in [-0.1, -0.05) is 30.3 Å². The van der Waals surface area contributed by atoms with E-state index in [0.29, 0.717) is 6.42 Å². The summed E-state index contributed by atoms with van der Waals surface area (Å²) in [6, 6.07) is 9.74. The molecule has 2 atom stereocenters. The van der Waals surface area contributed by atoms with Crippen molar-refractivity contribution in [2.75, 3.05) is 0 Å². The van der Waals surface area contributed by atoms with Crippen LogP contribution < -0.4 is 0 Å². The monoisotopic (exact) mass is 234 g/mol. The molecule has 17 heavy (non-hydrogen) atoms. The molecule has 1 unspecified atom stereocenters. The standard InChI is InChI=1S/C14H18O3/c1-10(15)14(11(2)17-12(3)16)9-13-7-5-4-6-8-13/h4-8,11,14H,9H2,1-3H3/t11-,14?/m1/s1. The summed E-state index contributed by atoms with van der Waals surface area (Å²) in [7, 11) is 0. The fourth-order valence-corrected chi connectivity index (χ4v) is 1.85. The molecule has 0 saturated heterocycles. The predicted molar refractivity (Wildman–Crippen MR) is 65.5 cm³/mol. The van der Waals surface area contributed by atoms with Gasteiger partial charge in [0.1, 0.15) is 11.9 Å². The smallest absolute Gasteiger partial charge is 0.302 e. The van der Waals surface area contributed by atoms with E-state index in [2.05, 4.69) is 0 Å². The molecule has 0 bridgehead atoms. The molecular weight excluding hydrogens is 216 g/mol. The molecule has 3 nitrogen and oxygen atoms in total. The highest BCUT2D eigenvalue weighted by Gasteiger charge is 2.24. The zero-order valence-electron chi connectivity index (χ0n) is 10.5. The minimum atomic E-state index is -0.384. The van der Waals surface area contributed by atoms with Crippen LogP contribution in [0.4, 0.5) is 0 Å². The van der Waals surface area contributed by atoms with E-state index in [4.69, 9.17) is 4.74 Å². The van der Waals surface area contributed by atoms with Gasteiger partial charge in [-0.3, -0.25) is 9.59 Å². The SMILES string of the molecule is CC(=O)O[C@H](C)C(Cc1ccccc1)C(C)=O. The van der Waals surface area contributed by atoms with E-state index in [1.807, 2.05) is 30.3 Å². The minimum absolute atomic E-state index is 0.0441. The van der Waals surface area contributed by atoms with E-state index in [1.165, 1.54) is 13.8 Å². The predicted octanol–water partition coefficient (Wildman–Crippen LogP) is 2.39. The maximum atomic E-state index is 11.6. The third kappa shape index (κ3) is 4.39. The first kappa shape index (κ1) is 13.4. The lowest BCUT2D eigenvalue weighted by Crippen LogP contribution is -2.30. The number of carbonyl (C=O) groups excluding carboxylic acids is 2. The zero-order valence-corrected chi connectivity index (χ0v) is 10.5. The van der Waals surface area contributed by atoms with Crippen LogP contribution in [0.3, 0.4) is 0 Å². The summed E-state index contributed by atoms with van der Waals surface area (Å²) in [6.07, 6.45) is 0.218. The summed E-state index contributed by atoms with van der Waals surface area (Å²) in [6.45, 7) is 4.65. The molecule has 3 heteroatoms. The van der Waals surface area contributed by atoms with Crippen molar-refractivity contribution in [3.05, 3.63) is 35.9 Å². The lowest BCUT2D eigenvalue weighted by Gasteiger charge is -2.21. The molecule has 0 aliphatic heterocycles. The van der Waals surface area contributed by atoms with E-state index >= 15 is 0 Å². The van der Waals surface area contributed by atoms with Crippen molar-refractivity contribution in [1.82, 2.24) is 0 Å². The second kappa shape index (κ2) is 6.18. The first-order chi connectivity index (χ1) is 8.00. The number of rotatable bonds is 5. The molecule has 0 radical (unpaired) electrons. The van der Waals surface area contributed by atoms with E-state index in [9.17, 15) is 9.59 Å². The van der Waals surface area contributed by atoms with Crippen LogP contribution in [0.1, 0.15) is 26.3 Å². The molecule has 0 aliphatic rings. The van der Waals surface area contributed by atoms with Gasteiger partial charge in [0.25, 0.3) is 0 Å². The minimum Gasteiger partial charge on any atom is -0.462 e. The summed E-state index contributed by atoms with van der Waals surface area (Å²) in [4.78, 5) is 22.5. The first-order valence-corrected chi connectivity index (χ1v) is 5.72. The van der Waals surface area contributed by atoms with Crippen LogP contribution in [-0.4, -0.2) is 17.9 Å². The number of carbonyl (C=O) groups is 2. The van der Waals surface area contributed by atoms with E-state index in [-0.39, 0.29) is 23.8 Å². The van der Waals surface area contributed by atoms with Gasteiger partial charge in [0.05, 0.1) is 5.92 Å². The van der Waals surface area contributed by atoms with Gasteiger partial charge in [-0.15, -0.1) is 0 Å². The fraction of sp³-hybridized carbons (Fsp3) is 0.429. The molecule has 0 aliphatic carbocycles.